The van der Waals surface area contributed by atoms with Crippen LogP contribution in [0.25, 0.3) is 0 Å². The number of rotatable bonds is 3. The highest BCUT2D eigenvalue weighted by Gasteiger charge is 2.27. The number of hydrogen-bond donors (Lipinski definition) is 1. The van der Waals surface area contributed by atoms with E-state index in [4.69, 9.17) is 11.6 Å². The second-order valence-electron chi connectivity index (χ2n) is 5.36. The minimum atomic E-state index is -0.434. The maximum absolute atomic E-state index is 10.3. The summed E-state index contributed by atoms with van der Waals surface area (Å²) in [5, 5.41) is 11.1. The van der Waals surface area contributed by atoms with Gasteiger partial charge in [0.2, 0.25) is 0 Å². The summed E-state index contributed by atoms with van der Waals surface area (Å²) in [5.74, 6) is 0.478. The molecule has 0 bridgehead atoms. The maximum Gasteiger partial charge on any atom is 0.0796 e. The van der Waals surface area contributed by atoms with Crippen molar-refractivity contribution in [3.05, 3.63) is 69.7 Å². The molecule has 2 heteroatoms. The lowest BCUT2D eigenvalue weighted by Crippen LogP contribution is -2.19. The molecule has 0 radical (unpaired) electrons. The molecule has 0 saturated carbocycles. The number of hydrogen-bond acceptors (Lipinski definition) is 1. The first-order valence-electron chi connectivity index (χ1n) is 6.67. The van der Waals surface area contributed by atoms with Crippen molar-refractivity contribution in [2.24, 2.45) is 0 Å². The second kappa shape index (κ2) is 4.99. The van der Waals surface area contributed by atoms with Crippen LogP contribution in [-0.2, 0) is 6.42 Å². The molecule has 2 aromatic rings. The summed E-state index contributed by atoms with van der Waals surface area (Å²) in [4.78, 5) is 0. The van der Waals surface area contributed by atoms with Gasteiger partial charge in [0.25, 0.3) is 0 Å². The van der Waals surface area contributed by atoms with E-state index in [1.807, 2.05) is 25.1 Å². The SMILES string of the molecule is Cc1ccc(C(O)CC2Cc3ccccc32)cc1Cl. The van der Waals surface area contributed by atoms with Gasteiger partial charge in [-0.05, 0) is 54.0 Å². The fourth-order valence-electron chi connectivity index (χ4n) is 2.79. The third-order valence-corrected chi connectivity index (χ3v) is 4.46. The highest BCUT2D eigenvalue weighted by Crippen LogP contribution is 2.40. The van der Waals surface area contributed by atoms with Crippen LogP contribution in [0.3, 0.4) is 0 Å². The molecule has 0 saturated heterocycles. The normalized spacial score (nSPS) is 18.6. The highest BCUT2D eigenvalue weighted by molar-refractivity contribution is 6.31. The minimum absolute atomic E-state index is 0.434. The topological polar surface area (TPSA) is 20.2 Å². The van der Waals surface area contributed by atoms with Crippen molar-refractivity contribution in [2.45, 2.75) is 31.8 Å². The lowest BCUT2D eigenvalue weighted by Gasteiger charge is -2.31. The largest absolute Gasteiger partial charge is 0.388 e. The first-order chi connectivity index (χ1) is 9.15. The van der Waals surface area contributed by atoms with Gasteiger partial charge in [0.05, 0.1) is 6.10 Å². The Labute approximate surface area is 118 Å². The van der Waals surface area contributed by atoms with E-state index in [1.54, 1.807) is 0 Å². The monoisotopic (exact) mass is 272 g/mol. The van der Waals surface area contributed by atoms with Crippen molar-refractivity contribution >= 4 is 11.6 Å². The van der Waals surface area contributed by atoms with Gasteiger partial charge in [-0.3, -0.25) is 0 Å². The van der Waals surface area contributed by atoms with Crippen molar-refractivity contribution < 1.29 is 5.11 Å². The Morgan fingerprint density at radius 2 is 2.05 bits per heavy atom. The third kappa shape index (κ3) is 2.41. The summed E-state index contributed by atoms with van der Waals surface area (Å²) < 4.78 is 0. The summed E-state index contributed by atoms with van der Waals surface area (Å²) in [6.07, 6.45) is 1.42. The van der Waals surface area contributed by atoms with Gasteiger partial charge in [0, 0.05) is 5.02 Å². The first-order valence-corrected chi connectivity index (χ1v) is 7.05. The van der Waals surface area contributed by atoms with Gasteiger partial charge in [-0.2, -0.15) is 0 Å². The van der Waals surface area contributed by atoms with E-state index in [0.29, 0.717) is 5.92 Å². The molecule has 1 aliphatic rings. The number of aryl methyl sites for hydroxylation is 1. The Hall–Kier alpha value is -1.31. The van der Waals surface area contributed by atoms with Gasteiger partial charge in [0.1, 0.15) is 0 Å². The number of aliphatic hydroxyl groups is 1. The number of benzene rings is 2. The molecule has 2 unspecified atom stereocenters. The molecule has 19 heavy (non-hydrogen) atoms. The Bertz CT molecular complexity index is 606. The van der Waals surface area contributed by atoms with E-state index < -0.39 is 6.10 Å². The molecule has 1 N–H and O–H groups in total. The summed E-state index contributed by atoms with van der Waals surface area (Å²) in [5.41, 5.74) is 4.77. The zero-order valence-corrected chi connectivity index (χ0v) is 11.7. The van der Waals surface area contributed by atoms with E-state index in [2.05, 4.69) is 24.3 Å². The number of halogens is 1. The van der Waals surface area contributed by atoms with E-state index in [0.717, 1.165) is 29.0 Å². The molecular weight excluding hydrogens is 256 g/mol. The Morgan fingerprint density at radius 3 is 2.79 bits per heavy atom. The first kappa shape index (κ1) is 12.7. The quantitative estimate of drug-likeness (QED) is 0.877. The number of aliphatic hydroxyl groups excluding tert-OH is 1. The minimum Gasteiger partial charge on any atom is -0.388 e. The molecule has 0 aliphatic heterocycles. The maximum atomic E-state index is 10.3. The molecule has 0 spiro atoms. The zero-order valence-electron chi connectivity index (χ0n) is 10.9. The van der Waals surface area contributed by atoms with E-state index in [1.165, 1.54) is 11.1 Å². The van der Waals surface area contributed by atoms with E-state index >= 15 is 0 Å². The van der Waals surface area contributed by atoms with Crippen LogP contribution in [-0.4, -0.2) is 5.11 Å². The molecule has 3 rings (SSSR count). The second-order valence-corrected chi connectivity index (χ2v) is 5.77. The molecule has 2 aromatic carbocycles. The van der Waals surface area contributed by atoms with Crippen LogP contribution in [0, 0.1) is 6.92 Å². The lowest BCUT2D eigenvalue weighted by atomic mass is 9.74. The standard InChI is InChI=1S/C17H17ClO/c1-11-6-7-13(9-16(11)18)17(19)10-14-8-12-4-2-3-5-15(12)14/h2-7,9,14,17,19H,8,10H2,1H3. The van der Waals surface area contributed by atoms with Crippen molar-refractivity contribution in [3.8, 4) is 0 Å². The van der Waals surface area contributed by atoms with E-state index in [9.17, 15) is 5.11 Å². The van der Waals surface area contributed by atoms with Crippen LogP contribution < -0.4 is 0 Å². The van der Waals surface area contributed by atoms with E-state index in [-0.39, 0.29) is 0 Å². The average Bonchev–Trinajstić information content (AvgIpc) is 2.39. The fourth-order valence-corrected chi connectivity index (χ4v) is 2.98. The van der Waals surface area contributed by atoms with Crippen LogP contribution in [0.2, 0.25) is 5.02 Å². The van der Waals surface area contributed by atoms with Crippen LogP contribution in [0.4, 0.5) is 0 Å². The van der Waals surface area contributed by atoms with Gasteiger partial charge in [-0.15, -0.1) is 0 Å². The predicted molar refractivity (Wildman–Crippen MR) is 78.7 cm³/mol. The Kier molecular flexibility index (Phi) is 3.34. The molecule has 1 nitrogen and oxygen atoms in total. The average molecular weight is 273 g/mol. The van der Waals surface area contributed by atoms with Gasteiger partial charge in [-0.25, -0.2) is 0 Å². The summed E-state index contributed by atoms with van der Waals surface area (Å²) in [6, 6.07) is 14.3. The Morgan fingerprint density at radius 1 is 1.26 bits per heavy atom. The molecule has 2 atom stereocenters. The number of fused-ring (bicyclic) bond motifs is 1. The molecular formula is C17H17ClO. The van der Waals surface area contributed by atoms with Gasteiger partial charge < -0.3 is 5.11 Å². The molecule has 0 heterocycles. The van der Waals surface area contributed by atoms with Gasteiger partial charge in [0.15, 0.2) is 0 Å². The fraction of sp³-hybridized carbons (Fsp3) is 0.294. The predicted octanol–water partition coefficient (Wildman–Crippen LogP) is 4.41. The molecule has 0 amide bonds. The smallest absolute Gasteiger partial charge is 0.0796 e. The third-order valence-electron chi connectivity index (χ3n) is 4.05. The molecule has 0 aromatic heterocycles. The summed E-state index contributed by atoms with van der Waals surface area (Å²) in [7, 11) is 0. The molecule has 1 aliphatic carbocycles. The van der Waals surface area contributed by atoms with Gasteiger partial charge in [-0.1, -0.05) is 48.0 Å². The van der Waals surface area contributed by atoms with Crippen LogP contribution >= 0.6 is 11.6 Å². The van der Waals surface area contributed by atoms with Crippen molar-refractivity contribution in [1.82, 2.24) is 0 Å². The van der Waals surface area contributed by atoms with Crippen molar-refractivity contribution in [3.63, 3.8) is 0 Å². The van der Waals surface area contributed by atoms with Crippen LogP contribution in [0.1, 0.15) is 40.7 Å². The van der Waals surface area contributed by atoms with Crippen LogP contribution in [0.5, 0.6) is 0 Å². The lowest BCUT2D eigenvalue weighted by molar-refractivity contribution is 0.153. The van der Waals surface area contributed by atoms with Crippen LogP contribution in [0.15, 0.2) is 42.5 Å². The molecule has 0 fully saturated rings. The zero-order chi connectivity index (χ0) is 13.4. The summed E-state index contributed by atoms with van der Waals surface area (Å²) in [6.45, 7) is 1.97. The van der Waals surface area contributed by atoms with Gasteiger partial charge >= 0.3 is 0 Å². The highest BCUT2D eigenvalue weighted by atomic mass is 35.5. The Balaban J connectivity index is 1.73. The van der Waals surface area contributed by atoms with Crippen molar-refractivity contribution in [2.75, 3.05) is 0 Å². The summed E-state index contributed by atoms with van der Waals surface area (Å²) >= 11 is 6.11. The molecule has 98 valence electrons. The van der Waals surface area contributed by atoms with Crippen molar-refractivity contribution in [1.29, 1.82) is 0 Å².